The topological polar surface area (TPSA) is 58.5 Å². The van der Waals surface area contributed by atoms with Crippen LogP contribution in [-0.4, -0.2) is 62.7 Å². The number of hydrogen-bond donors (Lipinski definition) is 2. The van der Waals surface area contributed by atoms with Crippen molar-refractivity contribution in [2.24, 2.45) is 11.5 Å². The fourth-order valence-electron chi connectivity index (χ4n) is 1.86. The molecule has 0 aromatic heterocycles. The second kappa shape index (κ2) is 10.0. The highest BCUT2D eigenvalue weighted by atomic mass is 15.2. The van der Waals surface area contributed by atoms with Gasteiger partial charge in [-0.3, -0.25) is 0 Å². The Morgan fingerprint density at radius 2 is 1.56 bits per heavy atom. The van der Waals surface area contributed by atoms with E-state index in [4.69, 9.17) is 11.5 Å². The maximum absolute atomic E-state index is 5.61. The van der Waals surface area contributed by atoms with E-state index in [1.54, 1.807) is 0 Å². The third-order valence-electron chi connectivity index (χ3n) is 2.91. The van der Waals surface area contributed by atoms with Crippen molar-refractivity contribution in [3.8, 4) is 0 Å². The van der Waals surface area contributed by atoms with Crippen molar-refractivity contribution in [1.82, 2.24) is 9.80 Å². The van der Waals surface area contributed by atoms with E-state index in [-0.39, 0.29) is 0 Å². The highest BCUT2D eigenvalue weighted by molar-refractivity contribution is 4.68. The molecule has 0 bridgehead atoms. The van der Waals surface area contributed by atoms with Crippen LogP contribution in [-0.2, 0) is 0 Å². The van der Waals surface area contributed by atoms with Crippen LogP contribution in [0.1, 0.15) is 26.2 Å². The summed E-state index contributed by atoms with van der Waals surface area (Å²) in [5.74, 6) is 0. The molecule has 0 aromatic rings. The highest BCUT2D eigenvalue weighted by Crippen LogP contribution is 2.05. The Morgan fingerprint density at radius 3 is 2.06 bits per heavy atom. The van der Waals surface area contributed by atoms with Crippen molar-refractivity contribution < 1.29 is 0 Å². The average molecular weight is 230 g/mol. The normalized spacial score (nSPS) is 13.7. The number of hydrogen-bond acceptors (Lipinski definition) is 4. The summed E-state index contributed by atoms with van der Waals surface area (Å²) < 4.78 is 0. The first-order valence-electron chi connectivity index (χ1n) is 6.40. The summed E-state index contributed by atoms with van der Waals surface area (Å²) in [4.78, 5) is 4.75. The van der Waals surface area contributed by atoms with E-state index in [9.17, 15) is 0 Å². The van der Waals surface area contributed by atoms with E-state index < -0.39 is 0 Å². The Kier molecular flexibility index (Phi) is 9.92. The number of nitrogens with two attached hydrogens (primary N) is 2. The van der Waals surface area contributed by atoms with Gasteiger partial charge in [-0.15, -0.1) is 0 Å². The molecule has 4 heteroatoms. The highest BCUT2D eigenvalue weighted by Gasteiger charge is 2.11. The molecule has 0 saturated carbocycles. The largest absolute Gasteiger partial charge is 0.330 e. The minimum Gasteiger partial charge on any atom is -0.330 e. The molecular weight excluding hydrogens is 200 g/mol. The van der Waals surface area contributed by atoms with E-state index in [0.717, 1.165) is 45.6 Å². The van der Waals surface area contributed by atoms with Crippen LogP contribution >= 0.6 is 0 Å². The van der Waals surface area contributed by atoms with E-state index in [1.807, 2.05) is 0 Å². The molecule has 0 aromatic carbocycles. The molecule has 0 radical (unpaired) electrons. The van der Waals surface area contributed by atoms with Gasteiger partial charge < -0.3 is 21.3 Å². The van der Waals surface area contributed by atoms with Gasteiger partial charge in [-0.05, 0) is 73.0 Å². The first-order chi connectivity index (χ1) is 7.61. The smallest absolute Gasteiger partial charge is 0.00789 e. The molecule has 4 nitrogen and oxygen atoms in total. The second-order valence-electron chi connectivity index (χ2n) is 4.76. The molecule has 0 amide bonds. The lowest BCUT2D eigenvalue weighted by atomic mass is 10.2. The first-order valence-corrected chi connectivity index (χ1v) is 6.40. The van der Waals surface area contributed by atoms with Crippen molar-refractivity contribution in [3.63, 3.8) is 0 Å². The van der Waals surface area contributed by atoms with E-state index in [0.29, 0.717) is 6.04 Å². The van der Waals surface area contributed by atoms with Crippen LogP contribution in [0.5, 0.6) is 0 Å². The van der Waals surface area contributed by atoms with Crippen molar-refractivity contribution >= 4 is 0 Å². The van der Waals surface area contributed by atoms with Crippen LogP contribution < -0.4 is 11.5 Å². The van der Waals surface area contributed by atoms with Gasteiger partial charge in [-0.1, -0.05) is 0 Å². The number of nitrogens with zero attached hydrogens (tertiary/aromatic N) is 2. The fraction of sp³-hybridized carbons (Fsp3) is 1.00. The van der Waals surface area contributed by atoms with Crippen molar-refractivity contribution in [1.29, 1.82) is 0 Å². The maximum atomic E-state index is 5.61. The quantitative estimate of drug-likeness (QED) is 0.568. The van der Waals surface area contributed by atoms with Gasteiger partial charge in [0.1, 0.15) is 0 Å². The van der Waals surface area contributed by atoms with Gasteiger partial charge >= 0.3 is 0 Å². The third kappa shape index (κ3) is 8.05. The van der Waals surface area contributed by atoms with Gasteiger partial charge in [-0.2, -0.15) is 0 Å². The summed E-state index contributed by atoms with van der Waals surface area (Å²) >= 11 is 0. The molecule has 1 unspecified atom stereocenters. The predicted octanol–water partition coefficient (Wildman–Crippen LogP) is 0.326. The Labute approximate surface area is 101 Å². The molecule has 1 atom stereocenters. The molecule has 0 spiro atoms. The summed E-state index contributed by atoms with van der Waals surface area (Å²) in [5, 5.41) is 0. The average Bonchev–Trinajstić information content (AvgIpc) is 2.22. The van der Waals surface area contributed by atoms with Gasteiger partial charge in [-0.25, -0.2) is 0 Å². The Bertz CT molecular complexity index is 150. The summed E-state index contributed by atoms with van der Waals surface area (Å²) in [5.41, 5.74) is 11.2. The minimum absolute atomic E-state index is 0.582. The zero-order valence-corrected chi connectivity index (χ0v) is 11.3. The molecule has 0 aliphatic rings. The summed E-state index contributed by atoms with van der Waals surface area (Å²) in [7, 11) is 4.24. The predicted molar refractivity (Wildman–Crippen MR) is 71.5 cm³/mol. The van der Waals surface area contributed by atoms with Crippen LogP contribution in [0.25, 0.3) is 0 Å². The fourth-order valence-corrected chi connectivity index (χ4v) is 1.86. The van der Waals surface area contributed by atoms with Crippen LogP contribution in [0.3, 0.4) is 0 Å². The first kappa shape index (κ1) is 15.8. The Morgan fingerprint density at radius 1 is 0.938 bits per heavy atom. The van der Waals surface area contributed by atoms with E-state index in [1.165, 1.54) is 6.42 Å². The zero-order chi connectivity index (χ0) is 12.4. The van der Waals surface area contributed by atoms with Crippen molar-refractivity contribution in [2.45, 2.75) is 32.2 Å². The molecule has 0 heterocycles. The second-order valence-corrected chi connectivity index (χ2v) is 4.76. The van der Waals surface area contributed by atoms with Gasteiger partial charge in [0.25, 0.3) is 0 Å². The summed E-state index contributed by atoms with van der Waals surface area (Å²) in [6.07, 6.45) is 3.37. The molecule has 0 aliphatic carbocycles. The van der Waals surface area contributed by atoms with Crippen molar-refractivity contribution in [2.75, 3.05) is 46.8 Å². The van der Waals surface area contributed by atoms with Gasteiger partial charge in [0.15, 0.2) is 0 Å². The minimum atomic E-state index is 0.582. The number of rotatable bonds is 10. The standard InChI is InChI=1S/C12H30N4/c1-12(6-8-14)16(10-4-7-13)11-5-9-15(2)3/h12H,4-11,13-14H2,1-3H3. The Balaban J connectivity index is 3.88. The van der Waals surface area contributed by atoms with Crippen LogP contribution in [0, 0.1) is 0 Å². The van der Waals surface area contributed by atoms with Gasteiger partial charge in [0.05, 0.1) is 0 Å². The van der Waals surface area contributed by atoms with Crippen LogP contribution in [0.15, 0.2) is 0 Å². The molecule has 16 heavy (non-hydrogen) atoms. The lowest BCUT2D eigenvalue weighted by molar-refractivity contribution is 0.190. The monoisotopic (exact) mass is 230 g/mol. The van der Waals surface area contributed by atoms with Crippen molar-refractivity contribution in [3.05, 3.63) is 0 Å². The van der Waals surface area contributed by atoms with Gasteiger partial charge in [0, 0.05) is 6.04 Å². The molecule has 0 saturated heterocycles. The van der Waals surface area contributed by atoms with E-state index in [2.05, 4.69) is 30.8 Å². The molecule has 0 rings (SSSR count). The van der Waals surface area contributed by atoms with E-state index >= 15 is 0 Å². The van der Waals surface area contributed by atoms with Crippen LogP contribution in [0.4, 0.5) is 0 Å². The third-order valence-corrected chi connectivity index (χ3v) is 2.91. The molecule has 0 fully saturated rings. The lowest BCUT2D eigenvalue weighted by Crippen LogP contribution is -2.37. The molecule has 98 valence electrons. The molecular formula is C12H30N4. The molecule has 4 N–H and O–H groups in total. The maximum Gasteiger partial charge on any atom is 0.00789 e. The van der Waals surface area contributed by atoms with Crippen LogP contribution in [0.2, 0.25) is 0 Å². The molecule has 0 aliphatic heterocycles. The lowest BCUT2D eigenvalue weighted by Gasteiger charge is -2.29. The zero-order valence-electron chi connectivity index (χ0n) is 11.3. The van der Waals surface area contributed by atoms with Gasteiger partial charge in [0.2, 0.25) is 0 Å². The summed E-state index contributed by atoms with van der Waals surface area (Å²) in [6.45, 7) is 7.21. The Hall–Kier alpha value is -0.160. The summed E-state index contributed by atoms with van der Waals surface area (Å²) in [6, 6.07) is 0.582. The SMILES string of the molecule is CC(CCN)N(CCCN)CCCN(C)C.